The van der Waals surface area contributed by atoms with Crippen molar-refractivity contribution in [1.29, 1.82) is 0 Å². The Morgan fingerprint density at radius 2 is 1.33 bits per heavy atom. The van der Waals surface area contributed by atoms with Gasteiger partial charge in [0.05, 0.1) is 0 Å². The molecular weight excluding hydrogens is 378 g/mol. The Labute approximate surface area is 178 Å². The van der Waals surface area contributed by atoms with E-state index < -0.39 is 6.04 Å². The second-order valence-corrected chi connectivity index (χ2v) is 10.1. The Kier molecular flexibility index (Phi) is 5.60. The summed E-state index contributed by atoms with van der Waals surface area (Å²) in [6, 6.07) is 6.42. The number of hydrogen-bond donors (Lipinski definition) is 3. The molecule has 5 rings (SSSR count). The number of hydrogen-bond acceptors (Lipinski definition) is 3. The van der Waals surface area contributed by atoms with Gasteiger partial charge in [-0.2, -0.15) is 0 Å². The van der Waals surface area contributed by atoms with Gasteiger partial charge >= 0.3 is 0 Å². The summed E-state index contributed by atoms with van der Waals surface area (Å²) in [4.78, 5) is 37.5. The highest BCUT2D eigenvalue weighted by Gasteiger charge is 2.55. The molecule has 162 valence electrons. The summed E-state index contributed by atoms with van der Waals surface area (Å²) in [7, 11) is 0. The summed E-state index contributed by atoms with van der Waals surface area (Å²) in [6.45, 7) is 5.38. The molecule has 4 saturated carbocycles. The summed E-state index contributed by atoms with van der Waals surface area (Å²) in [6.07, 6.45) is 6.82. The molecule has 0 unspecified atom stereocenters. The van der Waals surface area contributed by atoms with E-state index in [2.05, 4.69) is 16.0 Å². The fraction of sp³-hybridized carbons (Fsp3) is 0.625. The molecule has 4 aliphatic rings. The number of nitrogens with one attached hydrogen (secondary N) is 3. The van der Waals surface area contributed by atoms with Gasteiger partial charge in [0.15, 0.2) is 0 Å². The third-order valence-electron chi connectivity index (χ3n) is 7.23. The highest BCUT2D eigenvalue weighted by molar-refractivity contribution is 5.98. The summed E-state index contributed by atoms with van der Waals surface area (Å²) < 4.78 is 0. The third-order valence-corrected chi connectivity index (χ3v) is 7.23. The molecule has 30 heavy (non-hydrogen) atoms. The van der Waals surface area contributed by atoms with Crippen LogP contribution in [0.4, 0.5) is 11.4 Å². The van der Waals surface area contributed by atoms with E-state index in [1.54, 1.807) is 24.3 Å². The van der Waals surface area contributed by atoms with E-state index in [9.17, 15) is 14.4 Å². The fourth-order valence-corrected chi connectivity index (χ4v) is 6.28. The van der Waals surface area contributed by atoms with E-state index in [1.807, 2.05) is 13.8 Å². The van der Waals surface area contributed by atoms with Gasteiger partial charge in [0, 0.05) is 23.7 Å². The molecule has 0 radical (unpaired) electrons. The van der Waals surface area contributed by atoms with Crippen LogP contribution in [0.2, 0.25) is 0 Å². The van der Waals surface area contributed by atoms with Crippen molar-refractivity contribution in [3.8, 4) is 0 Å². The molecule has 6 nitrogen and oxygen atoms in total. The van der Waals surface area contributed by atoms with Gasteiger partial charge in [-0.05, 0) is 86.5 Å². The highest BCUT2D eigenvalue weighted by atomic mass is 16.2. The zero-order chi connectivity index (χ0) is 21.5. The van der Waals surface area contributed by atoms with Crippen molar-refractivity contribution >= 4 is 29.1 Å². The average molecular weight is 412 g/mol. The van der Waals surface area contributed by atoms with Crippen LogP contribution in [0.1, 0.15) is 59.3 Å². The third kappa shape index (κ3) is 4.23. The lowest BCUT2D eigenvalue weighted by molar-refractivity contribution is -0.148. The topological polar surface area (TPSA) is 87.3 Å². The Morgan fingerprint density at radius 3 is 1.77 bits per heavy atom. The van der Waals surface area contributed by atoms with E-state index in [0.29, 0.717) is 29.1 Å². The molecule has 0 saturated heterocycles. The van der Waals surface area contributed by atoms with Crippen molar-refractivity contribution in [1.82, 2.24) is 5.32 Å². The van der Waals surface area contributed by atoms with E-state index in [-0.39, 0.29) is 29.1 Å². The minimum absolute atomic E-state index is 0.0125. The van der Waals surface area contributed by atoms with Crippen molar-refractivity contribution in [2.45, 2.75) is 65.3 Å². The highest BCUT2D eigenvalue weighted by Crippen LogP contribution is 2.60. The Bertz CT molecular complexity index is 795. The molecule has 4 bridgehead atoms. The Morgan fingerprint density at radius 1 is 0.867 bits per heavy atom. The van der Waals surface area contributed by atoms with Crippen molar-refractivity contribution in [3.05, 3.63) is 24.3 Å². The number of carbonyl (C=O) groups excluding carboxylic acids is 3. The summed E-state index contributed by atoms with van der Waals surface area (Å²) >= 11 is 0. The van der Waals surface area contributed by atoms with Gasteiger partial charge in [-0.25, -0.2) is 0 Å². The number of carbonyl (C=O) groups is 3. The van der Waals surface area contributed by atoms with Crippen molar-refractivity contribution in [2.75, 3.05) is 10.6 Å². The van der Waals surface area contributed by atoms with Crippen LogP contribution in [0.15, 0.2) is 24.3 Å². The van der Waals surface area contributed by atoms with Crippen LogP contribution in [0.3, 0.4) is 0 Å². The molecule has 4 aliphatic carbocycles. The first-order chi connectivity index (χ1) is 14.2. The number of benzene rings is 1. The van der Waals surface area contributed by atoms with Crippen LogP contribution in [0.25, 0.3) is 0 Å². The molecule has 1 aromatic rings. The first-order valence-corrected chi connectivity index (χ1v) is 11.2. The lowest BCUT2D eigenvalue weighted by atomic mass is 9.49. The van der Waals surface area contributed by atoms with Gasteiger partial charge in [0.2, 0.25) is 17.7 Å². The van der Waals surface area contributed by atoms with Gasteiger partial charge in [-0.15, -0.1) is 0 Å². The molecule has 1 atom stereocenters. The van der Waals surface area contributed by atoms with E-state index in [0.717, 1.165) is 19.3 Å². The summed E-state index contributed by atoms with van der Waals surface area (Å²) in [5.74, 6) is 1.80. The van der Waals surface area contributed by atoms with E-state index >= 15 is 0 Å². The number of amides is 3. The van der Waals surface area contributed by atoms with Gasteiger partial charge < -0.3 is 16.0 Å². The van der Waals surface area contributed by atoms with Gasteiger partial charge in [0.1, 0.15) is 6.04 Å². The monoisotopic (exact) mass is 411 g/mol. The SMILES string of the molecule is CC(=O)Nc1ccc(NC(=O)[C@@H](NC(=O)C23CC4CC(CC(C4)C2)C3)C(C)C)cc1. The molecule has 3 amide bonds. The molecule has 0 spiro atoms. The second-order valence-electron chi connectivity index (χ2n) is 10.1. The Balaban J connectivity index is 1.41. The standard InChI is InChI=1S/C24H33N3O3/c1-14(2)21(22(29)26-20-6-4-19(5-7-20)25-15(3)28)27-23(30)24-11-16-8-17(12-24)10-18(9-16)13-24/h4-7,14,16-18,21H,8-13H2,1-3H3,(H,25,28)(H,26,29)(H,27,30)/t16?,17?,18?,21-,24?/m0/s1. The van der Waals surface area contributed by atoms with Gasteiger partial charge in [0.25, 0.3) is 0 Å². The summed E-state index contributed by atoms with van der Waals surface area (Å²) in [5.41, 5.74) is 1.06. The lowest BCUT2D eigenvalue weighted by Crippen LogP contribution is -2.57. The second kappa shape index (κ2) is 8.05. The predicted molar refractivity (Wildman–Crippen MR) is 117 cm³/mol. The first kappa shape index (κ1) is 20.9. The average Bonchev–Trinajstić information content (AvgIpc) is 2.65. The van der Waals surface area contributed by atoms with Crippen molar-refractivity contribution in [2.24, 2.45) is 29.1 Å². The normalized spacial score (nSPS) is 30.1. The molecule has 1 aromatic carbocycles. The van der Waals surface area contributed by atoms with E-state index in [1.165, 1.54) is 26.2 Å². The zero-order valence-electron chi connectivity index (χ0n) is 18.2. The van der Waals surface area contributed by atoms with Crippen molar-refractivity contribution in [3.63, 3.8) is 0 Å². The van der Waals surface area contributed by atoms with Gasteiger partial charge in [-0.3, -0.25) is 14.4 Å². The molecule has 6 heteroatoms. The van der Waals surface area contributed by atoms with E-state index in [4.69, 9.17) is 0 Å². The van der Waals surface area contributed by atoms with Crippen LogP contribution < -0.4 is 16.0 Å². The quantitative estimate of drug-likeness (QED) is 0.663. The molecule has 4 fully saturated rings. The maximum Gasteiger partial charge on any atom is 0.247 e. The Hall–Kier alpha value is -2.37. The fourth-order valence-electron chi connectivity index (χ4n) is 6.28. The molecular formula is C24H33N3O3. The van der Waals surface area contributed by atoms with Crippen LogP contribution in [0, 0.1) is 29.1 Å². The largest absolute Gasteiger partial charge is 0.344 e. The number of rotatable bonds is 6. The molecule has 0 aromatic heterocycles. The van der Waals surface area contributed by atoms with Gasteiger partial charge in [-0.1, -0.05) is 13.8 Å². The minimum Gasteiger partial charge on any atom is -0.344 e. The summed E-state index contributed by atoms with van der Waals surface area (Å²) in [5, 5.41) is 8.75. The molecule has 0 heterocycles. The minimum atomic E-state index is -0.569. The first-order valence-electron chi connectivity index (χ1n) is 11.2. The predicted octanol–water partition coefficient (Wildman–Crippen LogP) is 3.94. The lowest BCUT2D eigenvalue weighted by Gasteiger charge is -2.55. The molecule has 0 aliphatic heterocycles. The molecule has 3 N–H and O–H groups in total. The maximum atomic E-state index is 13.4. The maximum absolute atomic E-state index is 13.4. The van der Waals surface area contributed by atoms with Crippen molar-refractivity contribution < 1.29 is 14.4 Å². The zero-order valence-corrected chi connectivity index (χ0v) is 18.2. The smallest absolute Gasteiger partial charge is 0.247 e. The number of anilines is 2. The van der Waals surface area contributed by atoms with Crippen LogP contribution in [0.5, 0.6) is 0 Å². The van der Waals surface area contributed by atoms with Crippen LogP contribution >= 0.6 is 0 Å². The van der Waals surface area contributed by atoms with Crippen LogP contribution in [-0.4, -0.2) is 23.8 Å². The van der Waals surface area contributed by atoms with Crippen LogP contribution in [-0.2, 0) is 14.4 Å².